The molecule has 0 aliphatic heterocycles. The quantitative estimate of drug-likeness (QED) is 0.851. The van der Waals surface area contributed by atoms with Gasteiger partial charge in [0, 0.05) is 17.3 Å². The zero-order valence-electron chi connectivity index (χ0n) is 10.5. The van der Waals surface area contributed by atoms with Crippen LogP contribution < -0.4 is 5.32 Å². The third-order valence-corrected chi connectivity index (χ3v) is 3.49. The fourth-order valence-electron chi connectivity index (χ4n) is 2.27. The minimum Gasteiger partial charge on any atom is -0.348 e. The van der Waals surface area contributed by atoms with Gasteiger partial charge in [-0.25, -0.2) is 9.97 Å². The summed E-state index contributed by atoms with van der Waals surface area (Å²) < 4.78 is 0. The molecule has 1 fully saturated rings. The Labute approximate surface area is 102 Å². The molecule has 0 saturated heterocycles. The first-order chi connectivity index (χ1) is 8.18. The van der Waals surface area contributed by atoms with Crippen LogP contribution in [-0.4, -0.2) is 21.9 Å². The third-order valence-electron chi connectivity index (χ3n) is 3.49. The summed E-state index contributed by atoms with van der Waals surface area (Å²) in [6.07, 6.45) is 7.36. The van der Waals surface area contributed by atoms with Gasteiger partial charge in [-0.1, -0.05) is 19.3 Å². The van der Waals surface area contributed by atoms with E-state index in [1.54, 1.807) is 0 Å². The van der Waals surface area contributed by atoms with Crippen LogP contribution in [0.3, 0.4) is 0 Å². The number of aromatic nitrogens is 2. The summed E-state index contributed by atoms with van der Waals surface area (Å²) in [6, 6.07) is 0.325. The van der Waals surface area contributed by atoms with Crippen LogP contribution in [0.25, 0.3) is 0 Å². The molecule has 1 aromatic rings. The van der Waals surface area contributed by atoms with Crippen molar-refractivity contribution in [1.82, 2.24) is 15.3 Å². The Bertz CT molecular complexity index is 411. The maximum atomic E-state index is 12.1. The van der Waals surface area contributed by atoms with E-state index in [9.17, 15) is 4.79 Å². The lowest BCUT2D eigenvalue weighted by Crippen LogP contribution is -2.37. The summed E-state index contributed by atoms with van der Waals surface area (Å²) in [6.45, 7) is 3.79. The fourth-order valence-corrected chi connectivity index (χ4v) is 2.27. The van der Waals surface area contributed by atoms with E-state index < -0.39 is 0 Å². The van der Waals surface area contributed by atoms with Crippen molar-refractivity contribution >= 4 is 5.91 Å². The highest BCUT2D eigenvalue weighted by molar-refractivity contribution is 5.93. The average molecular weight is 233 g/mol. The van der Waals surface area contributed by atoms with Gasteiger partial charge in [-0.15, -0.1) is 0 Å². The third kappa shape index (κ3) is 2.81. The van der Waals surface area contributed by atoms with Crippen LogP contribution in [0.1, 0.15) is 53.8 Å². The van der Waals surface area contributed by atoms with Crippen LogP contribution in [0.2, 0.25) is 0 Å². The highest BCUT2D eigenvalue weighted by Gasteiger charge is 2.19. The van der Waals surface area contributed by atoms with Gasteiger partial charge < -0.3 is 5.32 Å². The number of nitrogens with one attached hydrogen (secondary N) is 1. The lowest BCUT2D eigenvalue weighted by atomic mass is 9.95. The molecule has 0 bridgehead atoms. The molecule has 1 aliphatic rings. The number of nitrogens with zero attached hydrogens (tertiary/aromatic N) is 2. The molecule has 0 atom stereocenters. The summed E-state index contributed by atoms with van der Waals surface area (Å²) in [4.78, 5) is 20.2. The Morgan fingerprint density at radius 1 is 1.24 bits per heavy atom. The van der Waals surface area contributed by atoms with Crippen LogP contribution in [0.4, 0.5) is 0 Å². The van der Waals surface area contributed by atoms with Crippen molar-refractivity contribution in [2.75, 3.05) is 0 Å². The van der Waals surface area contributed by atoms with E-state index in [2.05, 4.69) is 15.3 Å². The van der Waals surface area contributed by atoms with E-state index in [4.69, 9.17) is 0 Å². The van der Waals surface area contributed by atoms with Gasteiger partial charge in [0.05, 0.1) is 0 Å². The molecule has 17 heavy (non-hydrogen) atoms. The Balaban J connectivity index is 2.06. The molecule has 2 rings (SSSR count). The maximum Gasteiger partial charge on any atom is 0.270 e. The molecular formula is C13H19N3O. The van der Waals surface area contributed by atoms with E-state index in [1.165, 1.54) is 25.6 Å². The SMILES string of the molecule is Cc1ncnc(C(=O)NC2CCCCC2)c1C. The summed E-state index contributed by atoms with van der Waals surface area (Å²) >= 11 is 0. The summed E-state index contributed by atoms with van der Waals surface area (Å²) in [7, 11) is 0. The van der Waals surface area contributed by atoms with Crippen molar-refractivity contribution < 1.29 is 4.79 Å². The molecule has 0 radical (unpaired) electrons. The molecule has 0 aromatic carbocycles. The van der Waals surface area contributed by atoms with Crippen LogP contribution in [0.5, 0.6) is 0 Å². The van der Waals surface area contributed by atoms with Crippen molar-refractivity contribution in [1.29, 1.82) is 0 Å². The Morgan fingerprint density at radius 2 is 1.94 bits per heavy atom. The fraction of sp³-hybridized carbons (Fsp3) is 0.615. The smallest absolute Gasteiger partial charge is 0.270 e. The normalized spacial score (nSPS) is 16.8. The van der Waals surface area contributed by atoms with Gasteiger partial charge in [-0.2, -0.15) is 0 Å². The minimum atomic E-state index is -0.0556. The van der Waals surface area contributed by atoms with Crippen molar-refractivity contribution in [2.24, 2.45) is 0 Å². The first-order valence-electron chi connectivity index (χ1n) is 6.27. The van der Waals surface area contributed by atoms with Gasteiger partial charge in [-0.3, -0.25) is 4.79 Å². The molecule has 1 aliphatic carbocycles. The number of rotatable bonds is 2. The summed E-state index contributed by atoms with van der Waals surface area (Å²) in [5.41, 5.74) is 2.26. The van der Waals surface area contributed by atoms with Crippen molar-refractivity contribution in [3.05, 3.63) is 23.3 Å². The first kappa shape index (κ1) is 12.0. The van der Waals surface area contributed by atoms with Gasteiger partial charge in [0.15, 0.2) is 0 Å². The van der Waals surface area contributed by atoms with E-state index in [-0.39, 0.29) is 5.91 Å². The monoisotopic (exact) mass is 233 g/mol. The van der Waals surface area contributed by atoms with E-state index >= 15 is 0 Å². The van der Waals surface area contributed by atoms with Crippen LogP contribution in [0, 0.1) is 13.8 Å². The number of hydrogen-bond acceptors (Lipinski definition) is 3. The Kier molecular flexibility index (Phi) is 3.71. The number of carbonyl (C=O) groups excluding carboxylic acids is 1. The topological polar surface area (TPSA) is 54.9 Å². The van der Waals surface area contributed by atoms with Crippen molar-refractivity contribution in [3.8, 4) is 0 Å². The van der Waals surface area contributed by atoms with Gasteiger partial charge in [0.25, 0.3) is 5.91 Å². The second kappa shape index (κ2) is 5.25. The van der Waals surface area contributed by atoms with E-state index in [0.717, 1.165) is 24.1 Å². The molecule has 1 amide bonds. The largest absolute Gasteiger partial charge is 0.348 e. The first-order valence-corrected chi connectivity index (χ1v) is 6.27. The van der Waals surface area contributed by atoms with E-state index in [0.29, 0.717) is 11.7 Å². The zero-order chi connectivity index (χ0) is 12.3. The van der Waals surface area contributed by atoms with Crippen LogP contribution in [-0.2, 0) is 0 Å². The molecule has 1 saturated carbocycles. The number of amides is 1. The predicted octanol–water partition coefficient (Wildman–Crippen LogP) is 2.16. The molecule has 4 heteroatoms. The summed E-state index contributed by atoms with van der Waals surface area (Å²) in [5, 5.41) is 3.07. The number of hydrogen-bond donors (Lipinski definition) is 1. The second-order valence-electron chi connectivity index (χ2n) is 4.74. The highest BCUT2D eigenvalue weighted by Crippen LogP contribution is 2.18. The number of carbonyl (C=O) groups is 1. The molecule has 0 unspecified atom stereocenters. The Morgan fingerprint density at radius 3 is 2.65 bits per heavy atom. The molecular weight excluding hydrogens is 214 g/mol. The highest BCUT2D eigenvalue weighted by atomic mass is 16.1. The number of aryl methyl sites for hydroxylation is 1. The molecule has 1 heterocycles. The maximum absolute atomic E-state index is 12.1. The predicted molar refractivity (Wildman–Crippen MR) is 65.8 cm³/mol. The van der Waals surface area contributed by atoms with Crippen LogP contribution in [0.15, 0.2) is 6.33 Å². The average Bonchev–Trinajstić information content (AvgIpc) is 2.34. The lowest BCUT2D eigenvalue weighted by Gasteiger charge is -2.22. The Hall–Kier alpha value is -1.45. The van der Waals surface area contributed by atoms with Gasteiger partial charge in [-0.05, 0) is 26.7 Å². The lowest BCUT2D eigenvalue weighted by molar-refractivity contribution is 0.0921. The van der Waals surface area contributed by atoms with Gasteiger partial charge in [0.1, 0.15) is 12.0 Å². The van der Waals surface area contributed by atoms with E-state index in [1.807, 2.05) is 13.8 Å². The molecule has 92 valence electrons. The molecule has 1 aromatic heterocycles. The molecule has 4 nitrogen and oxygen atoms in total. The van der Waals surface area contributed by atoms with Crippen LogP contribution >= 0.6 is 0 Å². The van der Waals surface area contributed by atoms with Crippen molar-refractivity contribution in [2.45, 2.75) is 52.0 Å². The molecule has 0 spiro atoms. The minimum absolute atomic E-state index is 0.0556. The standard InChI is InChI=1S/C13H19N3O/c1-9-10(2)14-8-15-12(9)13(17)16-11-6-4-3-5-7-11/h8,11H,3-7H2,1-2H3,(H,16,17). The second-order valence-corrected chi connectivity index (χ2v) is 4.74. The van der Waals surface area contributed by atoms with Crippen molar-refractivity contribution in [3.63, 3.8) is 0 Å². The van der Waals surface area contributed by atoms with Gasteiger partial charge in [0.2, 0.25) is 0 Å². The zero-order valence-corrected chi connectivity index (χ0v) is 10.5. The molecule has 1 N–H and O–H groups in total. The van der Waals surface area contributed by atoms with Gasteiger partial charge >= 0.3 is 0 Å². The summed E-state index contributed by atoms with van der Waals surface area (Å²) in [5.74, 6) is -0.0556.